The zero-order chi connectivity index (χ0) is 23.1. The Kier molecular flexibility index (Phi) is 5.38. The Morgan fingerprint density at radius 1 is 0.970 bits per heavy atom. The molecule has 2 aliphatic rings. The Bertz CT molecular complexity index is 1300. The van der Waals surface area contributed by atoms with Crippen LogP contribution < -0.4 is 10.6 Å². The van der Waals surface area contributed by atoms with E-state index in [1.165, 1.54) is 0 Å². The van der Waals surface area contributed by atoms with Gasteiger partial charge in [0.25, 0.3) is 5.69 Å². The van der Waals surface area contributed by atoms with Gasteiger partial charge in [0, 0.05) is 34.3 Å². The third-order valence-corrected chi connectivity index (χ3v) is 6.67. The Morgan fingerprint density at radius 3 is 2.39 bits per heavy atom. The first-order chi connectivity index (χ1) is 15.9. The molecule has 0 bridgehead atoms. The van der Waals surface area contributed by atoms with Crippen molar-refractivity contribution in [2.24, 2.45) is 0 Å². The number of para-hydroxylation sites is 2. The Balaban J connectivity index is 1.62. The van der Waals surface area contributed by atoms with E-state index in [2.05, 4.69) is 10.6 Å². The minimum Gasteiger partial charge on any atom is -0.372 e. The monoisotopic (exact) mass is 459 g/mol. The summed E-state index contributed by atoms with van der Waals surface area (Å²) >= 11 is 6.06. The van der Waals surface area contributed by atoms with Gasteiger partial charge < -0.3 is 10.6 Å². The van der Waals surface area contributed by atoms with E-state index in [0.717, 1.165) is 22.6 Å². The summed E-state index contributed by atoms with van der Waals surface area (Å²) in [7, 11) is 0. The summed E-state index contributed by atoms with van der Waals surface area (Å²) in [5, 5.41) is 19.2. The van der Waals surface area contributed by atoms with Gasteiger partial charge >= 0.3 is 0 Å². The van der Waals surface area contributed by atoms with Crippen molar-refractivity contribution < 1.29 is 9.72 Å². The normalized spacial score (nSPS) is 19.6. The Morgan fingerprint density at radius 2 is 1.67 bits per heavy atom. The lowest BCUT2D eigenvalue weighted by molar-refractivity contribution is -0.385. The summed E-state index contributed by atoms with van der Waals surface area (Å²) in [5.41, 5.74) is 5.58. The van der Waals surface area contributed by atoms with Gasteiger partial charge in [-0.3, -0.25) is 14.9 Å². The molecule has 33 heavy (non-hydrogen) atoms. The highest BCUT2D eigenvalue weighted by Gasteiger charge is 2.36. The molecule has 0 fully saturated rings. The van der Waals surface area contributed by atoms with Gasteiger partial charge in [0.05, 0.1) is 22.3 Å². The minimum absolute atomic E-state index is 0.0252. The van der Waals surface area contributed by atoms with Gasteiger partial charge in [-0.25, -0.2) is 0 Å². The Hall–Kier alpha value is -3.64. The lowest BCUT2D eigenvalue weighted by atomic mass is 9.78. The van der Waals surface area contributed by atoms with Crippen LogP contribution in [0.3, 0.4) is 0 Å². The van der Waals surface area contributed by atoms with Crippen LogP contribution in [0.2, 0.25) is 5.02 Å². The molecule has 1 aliphatic heterocycles. The van der Waals surface area contributed by atoms with Crippen molar-refractivity contribution in [3.05, 3.63) is 110 Å². The highest BCUT2D eigenvalue weighted by Crippen LogP contribution is 2.44. The van der Waals surface area contributed by atoms with Crippen LogP contribution in [0.25, 0.3) is 0 Å². The van der Waals surface area contributed by atoms with Crippen LogP contribution in [0.5, 0.6) is 0 Å². The molecule has 6 nitrogen and oxygen atoms in total. The molecule has 3 aromatic rings. The number of rotatable bonds is 3. The molecule has 166 valence electrons. The van der Waals surface area contributed by atoms with Gasteiger partial charge in [-0.15, -0.1) is 0 Å². The van der Waals surface area contributed by atoms with E-state index in [1.54, 1.807) is 19.1 Å². The van der Waals surface area contributed by atoms with Crippen molar-refractivity contribution in [1.82, 2.24) is 0 Å². The quantitative estimate of drug-likeness (QED) is 0.343. The molecule has 5 rings (SSSR count). The van der Waals surface area contributed by atoms with Crippen LogP contribution in [-0.4, -0.2) is 10.7 Å². The molecule has 2 unspecified atom stereocenters. The molecule has 0 saturated carbocycles. The number of anilines is 2. The second kappa shape index (κ2) is 8.37. The predicted molar refractivity (Wildman–Crippen MR) is 130 cm³/mol. The number of benzene rings is 3. The number of nitrogens with zero attached hydrogens (tertiary/aromatic N) is 1. The first-order valence-electron chi connectivity index (χ1n) is 10.8. The Labute approximate surface area is 196 Å². The van der Waals surface area contributed by atoms with Gasteiger partial charge in [-0.1, -0.05) is 48.0 Å². The molecule has 0 aromatic heterocycles. The number of carbonyl (C=O) groups is 1. The molecule has 0 radical (unpaired) electrons. The van der Waals surface area contributed by atoms with E-state index in [1.807, 2.05) is 54.6 Å². The maximum atomic E-state index is 13.6. The number of ketones is 1. The van der Waals surface area contributed by atoms with E-state index in [-0.39, 0.29) is 22.3 Å². The molecule has 0 spiro atoms. The third-order valence-electron chi connectivity index (χ3n) is 6.41. The molecule has 2 atom stereocenters. The molecule has 0 saturated heterocycles. The van der Waals surface area contributed by atoms with Gasteiger partial charge in [-0.05, 0) is 54.7 Å². The zero-order valence-electron chi connectivity index (χ0n) is 18.0. The summed E-state index contributed by atoms with van der Waals surface area (Å²) in [6.07, 6.45) is 1.02. The summed E-state index contributed by atoms with van der Waals surface area (Å²) in [5.74, 6) is 0.0523. The number of allylic oxidation sites excluding steroid dienone is 1. The topological polar surface area (TPSA) is 84.3 Å². The van der Waals surface area contributed by atoms with E-state index < -0.39 is 6.04 Å². The zero-order valence-corrected chi connectivity index (χ0v) is 18.7. The van der Waals surface area contributed by atoms with Crippen molar-refractivity contribution in [1.29, 1.82) is 0 Å². The highest BCUT2D eigenvalue weighted by atomic mass is 35.5. The maximum absolute atomic E-state index is 13.6. The predicted octanol–water partition coefficient (Wildman–Crippen LogP) is 6.54. The summed E-state index contributed by atoms with van der Waals surface area (Å²) in [6, 6.07) is 20.1. The van der Waals surface area contributed by atoms with Crippen LogP contribution in [0.15, 0.2) is 78.0 Å². The first-order valence-corrected chi connectivity index (χ1v) is 11.2. The van der Waals surface area contributed by atoms with Crippen LogP contribution in [0.4, 0.5) is 17.1 Å². The summed E-state index contributed by atoms with van der Waals surface area (Å²) in [6.45, 7) is 1.71. The van der Waals surface area contributed by atoms with Gasteiger partial charge in [0.2, 0.25) is 0 Å². The van der Waals surface area contributed by atoms with Crippen LogP contribution in [0, 0.1) is 17.0 Å². The largest absolute Gasteiger partial charge is 0.372 e. The first kappa shape index (κ1) is 21.2. The minimum atomic E-state index is -0.492. The van der Waals surface area contributed by atoms with Crippen molar-refractivity contribution in [3.63, 3.8) is 0 Å². The molecule has 1 aliphatic carbocycles. The van der Waals surface area contributed by atoms with E-state index in [4.69, 9.17) is 11.6 Å². The average Bonchev–Trinajstić information content (AvgIpc) is 2.96. The van der Waals surface area contributed by atoms with E-state index >= 15 is 0 Å². The number of nitro benzene ring substituents is 1. The fourth-order valence-corrected chi connectivity index (χ4v) is 4.84. The van der Waals surface area contributed by atoms with Crippen LogP contribution >= 0.6 is 11.6 Å². The molecule has 0 amide bonds. The van der Waals surface area contributed by atoms with Crippen molar-refractivity contribution in [3.8, 4) is 0 Å². The number of aryl methyl sites for hydroxylation is 1. The number of hydrogen-bond acceptors (Lipinski definition) is 5. The summed E-state index contributed by atoms with van der Waals surface area (Å²) in [4.78, 5) is 24.8. The number of nitro groups is 1. The van der Waals surface area contributed by atoms with E-state index in [9.17, 15) is 14.9 Å². The molecule has 1 heterocycles. The summed E-state index contributed by atoms with van der Waals surface area (Å²) < 4.78 is 0. The standard InChI is InChI=1S/C26H22ClN3O3/c1-15-6-7-17(13-23(15)30(32)33)26-25-22(28-20-4-2-3-5-21(20)29-26)12-18(14-24(25)31)16-8-10-19(27)11-9-16/h2-11,13,18,26,28-29H,12,14H2,1H3. The lowest BCUT2D eigenvalue weighted by Gasteiger charge is -2.30. The van der Waals surface area contributed by atoms with Crippen molar-refractivity contribution in [2.45, 2.75) is 31.7 Å². The van der Waals surface area contributed by atoms with Gasteiger partial charge in [-0.2, -0.15) is 0 Å². The van der Waals surface area contributed by atoms with E-state index in [0.29, 0.717) is 34.6 Å². The number of Topliss-reactive ketones (excluding diaryl/α,β-unsaturated/α-hetero) is 1. The van der Waals surface area contributed by atoms with Gasteiger partial charge in [0.15, 0.2) is 5.78 Å². The maximum Gasteiger partial charge on any atom is 0.272 e. The number of nitrogens with one attached hydrogen (secondary N) is 2. The van der Waals surface area contributed by atoms with Crippen LogP contribution in [0.1, 0.15) is 41.5 Å². The number of fused-ring (bicyclic) bond motifs is 1. The molecular weight excluding hydrogens is 438 g/mol. The number of halogens is 1. The molecule has 2 N–H and O–H groups in total. The molecule has 7 heteroatoms. The fourth-order valence-electron chi connectivity index (χ4n) is 4.72. The molecular formula is C26H22ClN3O3. The van der Waals surface area contributed by atoms with Crippen molar-refractivity contribution >= 4 is 34.4 Å². The second-order valence-electron chi connectivity index (χ2n) is 8.52. The van der Waals surface area contributed by atoms with Crippen molar-refractivity contribution in [2.75, 3.05) is 10.6 Å². The van der Waals surface area contributed by atoms with Crippen LogP contribution in [-0.2, 0) is 4.79 Å². The SMILES string of the molecule is Cc1ccc(C2Nc3ccccc3NC3=C2C(=O)CC(c2ccc(Cl)cc2)C3)cc1[N+](=O)[O-]. The third kappa shape index (κ3) is 3.98. The average molecular weight is 460 g/mol. The van der Waals surface area contributed by atoms with Gasteiger partial charge in [0.1, 0.15) is 0 Å². The number of hydrogen-bond donors (Lipinski definition) is 2. The number of carbonyl (C=O) groups excluding carboxylic acids is 1. The lowest BCUT2D eigenvalue weighted by Crippen LogP contribution is -2.27. The second-order valence-corrected chi connectivity index (χ2v) is 8.96. The molecule has 3 aromatic carbocycles. The highest BCUT2D eigenvalue weighted by molar-refractivity contribution is 6.30. The fraction of sp³-hybridized carbons (Fsp3) is 0.192. The smallest absolute Gasteiger partial charge is 0.272 e.